The van der Waals surface area contributed by atoms with E-state index in [4.69, 9.17) is 4.74 Å². The highest BCUT2D eigenvalue weighted by Crippen LogP contribution is 2.24. The minimum Gasteiger partial charge on any atom is -0.497 e. The second-order valence-electron chi connectivity index (χ2n) is 5.99. The highest BCUT2D eigenvalue weighted by molar-refractivity contribution is 5.95. The van der Waals surface area contributed by atoms with E-state index in [0.717, 1.165) is 16.9 Å². The molecular formula is C22H20N2O4. The zero-order valence-electron chi connectivity index (χ0n) is 15.6. The molecule has 0 saturated heterocycles. The molecule has 1 N–H and O–H groups in total. The summed E-state index contributed by atoms with van der Waals surface area (Å²) >= 11 is 0. The number of pyridine rings is 1. The molecule has 3 aromatic rings. The first-order chi connectivity index (χ1) is 13.6. The van der Waals surface area contributed by atoms with Crippen molar-refractivity contribution in [3.8, 4) is 5.75 Å². The van der Waals surface area contributed by atoms with E-state index >= 15 is 0 Å². The van der Waals surface area contributed by atoms with Crippen molar-refractivity contribution >= 4 is 11.9 Å². The van der Waals surface area contributed by atoms with Gasteiger partial charge in [-0.1, -0.05) is 48.5 Å². The molecular weight excluding hydrogens is 356 g/mol. The van der Waals surface area contributed by atoms with Crippen LogP contribution in [0.5, 0.6) is 5.75 Å². The normalized spacial score (nSPS) is 11.4. The maximum Gasteiger partial charge on any atom is 0.356 e. The SMILES string of the molecule is COC(=O)c1cccc(C(=O)NC(c2ccccc2)c2ccc(OC)cc2)n1. The quantitative estimate of drug-likeness (QED) is 0.667. The number of carbonyl (C=O) groups excluding carboxylic acids is 2. The number of methoxy groups -OCH3 is 2. The summed E-state index contributed by atoms with van der Waals surface area (Å²) in [6, 6.07) is 21.4. The summed E-state index contributed by atoms with van der Waals surface area (Å²) < 4.78 is 9.88. The van der Waals surface area contributed by atoms with Crippen molar-refractivity contribution in [2.45, 2.75) is 6.04 Å². The predicted molar refractivity (Wildman–Crippen MR) is 104 cm³/mol. The maximum atomic E-state index is 12.8. The molecule has 3 rings (SSSR count). The molecule has 6 heteroatoms. The van der Waals surface area contributed by atoms with Crippen molar-refractivity contribution < 1.29 is 19.1 Å². The lowest BCUT2D eigenvalue weighted by molar-refractivity contribution is 0.0594. The molecule has 1 heterocycles. The second kappa shape index (κ2) is 8.81. The Hall–Kier alpha value is -3.67. The molecule has 1 unspecified atom stereocenters. The van der Waals surface area contributed by atoms with Gasteiger partial charge in [-0.05, 0) is 35.4 Å². The Morgan fingerprint density at radius 3 is 2.11 bits per heavy atom. The van der Waals surface area contributed by atoms with Crippen molar-refractivity contribution in [2.75, 3.05) is 14.2 Å². The molecule has 0 spiro atoms. The van der Waals surface area contributed by atoms with Crippen molar-refractivity contribution in [1.82, 2.24) is 10.3 Å². The van der Waals surface area contributed by atoms with Gasteiger partial charge in [0.05, 0.1) is 20.3 Å². The van der Waals surface area contributed by atoms with Gasteiger partial charge in [-0.15, -0.1) is 0 Å². The first kappa shape index (κ1) is 19.1. The molecule has 0 aliphatic heterocycles. The summed E-state index contributed by atoms with van der Waals surface area (Å²) in [4.78, 5) is 28.6. The van der Waals surface area contributed by atoms with E-state index in [1.807, 2.05) is 54.6 Å². The minimum absolute atomic E-state index is 0.0795. The van der Waals surface area contributed by atoms with Crippen molar-refractivity contribution in [1.29, 1.82) is 0 Å². The van der Waals surface area contributed by atoms with Gasteiger partial charge in [-0.3, -0.25) is 4.79 Å². The van der Waals surface area contributed by atoms with E-state index in [-0.39, 0.29) is 17.4 Å². The fourth-order valence-electron chi connectivity index (χ4n) is 2.79. The predicted octanol–water partition coefficient (Wildman–Crippen LogP) is 3.40. The number of carbonyl (C=O) groups is 2. The summed E-state index contributed by atoms with van der Waals surface area (Å²) in [5.74, 6) is -0.255. The molecule has 0 fully saturated rings. The van der Waals surface area contributed by atoms with Gasteiger partial charge >= 0.3 is 5.97 Å². The number of nitrogens with zero attached hydrogens (tertiary/aromatic N) is 1. The number of rotatable bonds is 6. The molecule has 0 bridgehead atoms. The molecule has 0 aliphatic carbocycles. The topological polar surface area (TPSA) is 77.5 Å². The lowest BCUT2D eigenvalue weighted by atomic mass is 9.98. The summed E-state index contributed by atoms with van der Waals surface area (Å²) in [6.07, 6.45) is 0. The van der Waals surface area contributed by atoms with Crippen molar-refractivity contribution in [2.24, 2.45) is 0 Å². The monoisotopic (exact) mass is 376 g/mol. The molecule has 1 amide bonds. The number of nitrogens with one attached hydrogen (secondary N) is 1. The molecule has 2 aromatic carbocycles. The summed E-state index contributed by atoms with van der Waals surface area (Å²) in [7, 11) is 2.87. The minimum atomic E-state index is -0.593. The highest BCUT2D eigenvalue weighted by atomic mass is 16.5. The third-order valence-electron chi connectivity index (χ3n) is 4.23. The van der Waals surface area contributed by atoms with Crippen LogP contribution in [0.4, 0.5) is 0 Å². The average molecular weight is 376 g/mol. The van der Waals surface area contributed by atoms with E-state index in [1.54, 1.807) is 19.2 Å². The van der Waals surface area contributed by atoms with Crippen LogP contribution < -0.4 is 10.1 Å². The lowest BCUT2D eigenvalue weighted by Crippen LogP contribution is -2.30. The van der Waals surface area contributed by atoms with Crippen LogP contribution in [-0.2, 0) is 4.74 Å². The largest absolute Gasteiger partial charge is 0.497 e. The second-order valence-corrected chi connectivity index (χ2v) is 5.99. The van der Waals surface area contributed by atoms with E-state index in [9.17, 15) is 9.59 Å². The Labute approximate surface area is 163 Å². The fourth-order valence-corrected chi connectivity index (χ4v) is 2.79. The smallest absolute Gasteiger partial charge is 0.356 e. The number of amides is 1. The van der Waals surface area contributed by atoms with Gasteiger partial charge in [0.15, 0.2) is 0 Å². The van der Waals surface area contributed by atoms with Crippen LogP contribution in [0.3, 0.4) is 0 Å². The highest BCUT2D eigenvalue weighted by Gasteiger charge is 2.19. The molecule has 0 saturated carbocycles. The van der Waals surface area contributed by atoms with Crippen LogP contribution >= 0.6 is 0 Å². The van der Waals surface area contributed by atoms with E-state index in [1.165, 1.54) is 13.2 Å². The Morgan fingerprint density at radius 2 is 1.46 bits per heavy atom. The number of benzene rings is 2. The standard InChI is InChI=1S/C22H20N2O4/c1-27-17-13-11-16(12-14-17)20(15-7-4-3-5-8-15)24-21(25)18-9-6-10-19(23-18)22(26)28-2/h3-14,20H,1-2H3,(H,24,25). The Morgan fingerprint density at radius 1 is 0.821 bits per heavy atom. The summed E-state index contributed by atoms with van der Waals surface area (Å²) in [5.41, 5.74) is 2.03. The van der Waals surface area contributed by atoms with Crippen molar-refractivity contribution in [3.05, 3.63) is 95.3 Å². The third-order valence-corrected chi connectivity index (χ3v) is 4.23. The van der Waals surface area contributed by atoms with Crippen LogP contribution in [0.25, 0.3) is 0 Å². The number of hydrogen-bond donors (Lipinski definition) is 1. The summed E-state index contributed by atoms with van der Waals surface area (Å²) in [5, 5.41) is 2.99. The van der Waals surface area contributed by atoms with Crippen molar-refractivity contribution in [3.63, 3.8) is 0 Å². The average Bonchev–Trinajstić information content (AvgIpc) is 2.77. The van der Waals surface area contributed by atoms with E-state index in [0.29, 0.717) is 0 Å². The first-order valence-electron chi connectivity index (χ1n) is 8.67. The Bertz CT molecular complexity index is 956. The van der Waals surface area contributed by atoms with E-state index < -0.39 is 11.9 Å². The van der Waals surface area contributed by atoms with Crippen LogP contribution in [0.2, 0.25) is 0 Å². The van der Waals surface area contributed by atoms with Crippen LogP contribution in [0.15, 0.2) is 72.8 Å². The van der Waals surface area contributed by atoms with Gasteiger partial charge in [-0.2, -0.15) is 0 Å². The van der Waals surface area contributed by atoms with Crippen LogP contribution in [0.1, 0.15) is 38.1 Å². The molecule has 1 atom stereocenters. The Kier molecular flexibility index (Phi) is 6.01. The van der Waals surface area contributed by atoms with Gasteiger partial charge in [0, 0.05) is 0 Å². The Balaban J connectivity index is 1.91. The van der Waals surface area contributed by atoms with Gasteiger partial charge in [0.1, 0.15) is 17.1 Å². The van der Waals surface area contributed by atoms with Crippen LogP contribution in [0, 0.1) is 0 Å². The summed E-state index contributed by atoms with van der Waals surface area (Å²) in [6.45, 7) is 0. The molecule has 28 heavy (non-hydrogen) atoms. The number of esters is 1. The van der Waals surface area contributed by atoms with Gasteiger partial charge < -0.3 is 14.8 Å². The number of hydrogen-bond acceptors (Lipinski definition) is 5. The van der Waals surface area contributed by atoms with Gasteiger partial charge in [0.25, 0.3) is 5.91 Å². The maximum absolute atomic E-state index is 12.8. The zero-order valence-corrected chi connectivity index (χ0v) is 15.6. The van der Waals surface area contributed by atoms with Crippen LogP contribution in [-0.4, -0.2) is 31.1 Å². The van der Waals surface area contributed by atoms with Gasteiger partial charge in [-0.25, -0.2) is 9.78 Å². The molecule has 0 aliphatic rings. The fraction of sp³-hybridized carbons (Fsp3) is 0.136. The van der Waals surface area contributed by atoms with E-state index in [2.05, 4.69) is 15.0 Å². The van der Waals surface area contributed by atoms with Gasteiger partial charge in [0.2, 0.25) is 0 Å². The number of aromatic nitrogens is 1. The lowest BCUT2D eigenvalue weighted by Gasteiger charge is -2.20. The first-order valence-corrected chi connectivity index (χ1v) is 8.67. The zero-order chi connectivity index (χ0) is 19.9. The molecule has 0 radical (unpaired) electrons. The number of ether oxygens (including phenoxy) is 2. The third kappa shape index (κ3) is 4.35. The molecule has 1 aromatic heterocycles. The molecule has 6 nitrogen and oxygen atoms in total. The molecule has 142 valence electrons.